The first kappa shape index (κ1) is 13.8. The number of hydrogen-bond donors (Lipinski definition) is 0. The van der Waals surface area contributed by atoms with E-state index in [1.807, 2.05) is 46.8 Å². The third-order valence-electron chi connectivity index (χ3n) is 0.851. The molecule has 0 spiro atoms. The summed E-state index contributed by atoms with van der Waals surface area (Å²) in [5, 5.41) is 8.31. The Morgan fingerprint density at radius 2 is 1.67 bits per heavy atom. The first-order chi connectivity index (χ1) is 5.83. The van der Waals surface area contributed by atoms with Crippen LogP contribution in [0.4, 0.5) is 0 Å². The van der Waals surface area contributed by atoms with E-state index in [0.717, 1.165) is 4.88 Å². The van der Waals surface area contributed by atoms with Crippen LogP contribution in [0.2, 0.25) is 0 Å². The minimum absolute atomic E-state index is 0.794. The number of nitrogens with zero attached hydrogens (tertiary/aromatic N) is 1. The molecular weight excluding hydrogens is 166 g/mol. The molecule has 0 atom stereocenters. The van der Waals surface area contributed by atoms with Crippen molar-refractivity contribution in [2.24, 2.45) is 0 Å². The topological polar surface area (TPSA) is 23.8 Å². The fourth-order valence-corrected chi connectivity index (χ4v) is 1.16. The maximum atomic E-state index is 8.31. The van der Waals surface area contributed by atoms with Crippen LogP contribution in [0, 0.1) is 18.3 Å². The van der Waals surface area contributed by atoms with Crippen molar-refractivity contribution >= 4 is 11.3 Å². The smallest absolute Gasteiger partial charge is 0.110 e. The first-order valence-corrected chi connectivity index (χ1v) is 5.11. The summed E-state index contributed by atoms with van der Waals surface area (Å²) in [7, 11) is 0. The SMILES string of the molecule is CC.CC.Cc1ccc(C#N)s1. The molecular formula is C10H17NS. The summed E-state index contributed by atoms with van der Waals surface area (Å²) in [4.78, 5) is 1.99. The molecule has 0 bridgehead atoms. The molecule has 68 valence electrons. The average molecular weight is 183 g/mol. The molecule has 0 N–H and O–H groups in total. The van der Waals surface area contributed by atoms with E-state index in [2.05, 4.69) is 6.07 Å². The van der Waals surface area contributed by atoms with Crippen molar-refractivity contribution in [1.29, 1.82) is 5.26 Å². The van der Waals surface area contributed by atoms with E-state index in [0.29, 0.717) is 0 Å². The maximum absolute atomic E-state index is 8.31. The highest BCUT2D eigenvalue weighted by Crippen LogP contribution is 2.12. The van der Waals surface area contributed by atoms with Crippen molar-refractivity contribution in [2.45, 2.75) is 34.6 Å². The molecule has 1 aromatic heterocycles. The number of aryl methyl sites for hydroxylation is 1. The molecule has 0 aliphatic heterocycles. The number of rotatable bonds is 0. The highest BCUT2D eigenvalue weighted by molar-refractivity contribution is 7.12. The second-order valence-electron chi connectivity index (χ2n) is 1.52. The van der Waals surface area contributed by atoms with Crippen molar-refractivity contribution in [3.8, 4) is 6.07 Å². The molecule has 1 nitrogen and oxygen atoms in total. The monoisotopic (exact) mass is 183 g/mol. The summed E-state index contributed by atoms with van der Waals surface area (Å²) in [6, 6.07) is 5.85. The van der Waals surface area contributed by atoms with Gasteiger partial charge in [0, 0.05) is 4.88 Å². The normalized spacial score (nSPS) is 6.67. The second kappa shape index (κ2) is 10.2. The molecule has 0 saturated heterocycles. The van der Waals surface area contributed by atoms with Crippen LogP contribution < -0.4 is 0 Å². The summed E-state index contributed by atoms with van der Waals surface area (Å²) in [6.45, 7) is 9.99. The van der Waals surface area contributed by atoms with Gasteiger partial charge in [0.05, 0.1) is 0 Å². The molecule has 0 aromatic carbocycles. The first-order valence-electron chi connectivity index (χ1n) is 4.29. The molecule has 12 heavy (non-hydrogen) atoms. The Bertz CT molecular complexity index is 220. The van der Waals surface area contributed by atoms with Crippen LogP contribution in [0.3, 0.4) is 0 Å². The molecule has 0 aliphatic carbocycles. The standard InChI is InChI=1S/C6H5NS.2C2H6/c1-5-2-3-6(4-7)8-5;2*1-2/h2-3H,1H3;2*1-2H3. The van der Waals surface area contributed by atoms with Crippen molar-refractivity contribution in [3.63, 3.8) is 0 Å². The summed E-state index contributed by atoms with van der Waals surface area (Å²) < 4.78 is 0. The van der Waals surface area contributed by atoms with E-state index in [9.17, 15) is 0 Å². The molecule has 0 saturated carbocycles. The van der Waals surface area contributed by atoms with Gasteiger partial charge >= 0.3 is 0 Å². The predicted octanol–water partition coefficient (Wildman–Crippen LogP) is 3.98. The molecule has 1 aromatic rings. The summed E-state index contributed by atoms with van der Waals surface area (Å²) in [5.41, 5.74) is 0. The zero-order valence-electron chi connectivity index (χ0n) is 8.51. The quantitative estimate of drug-likeness (QED) is 0.597. The lowest BCUT2D eigenvalue weighted by Gasteiger charge is -1.69. The van der Waals surface area contributed by atoms with E-state index >= 15 is 0 Å². The molecule has 0 radical (unpaired) electrons. The second-order valence-corrected chi connectivity index (χ2v) is 2.81. The molecule has 0 aliphatic rings. The van der Waals surface area contributed by atoms with Gasteiger partial charge < -0.3 is 0 Å². The molecule has 0 amide bonds. The molecule has 1 rings (SSSR count). The van der Waals surface area contributed by atoms with Crippen LogP contribution in [-0.2, 0) is 0 Å². The highest BCUT2D eigenvalue weighted by Gasteiger charge is 1.89. The summed E-state index contributed by atoms with van der Waals surface area (Å²) in [6.07, 6.45) is 0. The van der Waals surface area contributed by atoms with Crippen LogP contribution in [0.15, 0.2) is 12.1 Å². The lowest BCUT2D eigenvalue weighted by Crippen LogP contribution is -1.50. The number of hydrogen-bond acceptors (Lipinski definition) is 2. The highest BCUT2D eigenvalue weighted by atomic mass is 32.1. The Morgan fingerprint density at radius 1 is 1.17 bits per heavy atom. The van der Waals surface area contributed by atoms with Crippen molar-refractivity contribution in [3.05, 3.63) is 21.9 Å². The third-order valence-corrected chi connectivity index (χ3v) is 1.76. The van der Waals surface area contributed by atoms with E-state index < -0.39 is 0 Å². The molecule has 2 heteroatoms. The van der Waals surface area contributed by atoms with Crippen LogP contribution >= 0.6 is 11.3 Å². The summed E-state index contributed by atoms with van der Waals surface area (Å²) in [5.74, 6) is 0. The van der Waals surface area contributed by atoms with Crippen molar-refractivity contribution in [1.82, 2.24) is 0 Å². The Balaban J connectivity index is 0. The Morgan fingerprint density at radius 3 is 1.83 bits per heavy atom. The van der Waals surface area contributed by atoms with Crippen LogP contribution in [0.1, 0.15) is 37.4 Å². The number of thiophene rings is 1. The maximum Gasteiger partial charge on any atom is 0.110 e. The minimum atomic E-state index is 0.794. The van der Waals surface area contributed by atoms with Gasteiger partial charge in [-0.25, -0.2) is 0 Å². The van der Waals surface area contributed by atoms with E-state index in [4.69, 9.17) is 5.26 Å². The zero-order chi connectivity index (χ0) is 9.98. The largest absolute Gasteiger partial charge is 0.192 e. The lowest BCUT2D eigenvalue weighted by atomic mass is 10.5. The van der Waals surface area contributed by atoms with Crippen LogP contribution in [0.25, 0.3) is 0 Å². The molecule has 0 unspecified atom stereocenters. The van der Waals surface area contributed by atoms with Gasteiger partial charge in [-0.3, -0.25) is 0 Å². The Labute approximate surface area is 79.7 Å². The van der Waals surface area contributed by atoms with Crippen molar-refractivity contribution < 1.29 is 0 Å². The molecule has 1 heterocycles. The number of nitriles is 1. The minimum Gasteiger partial charge on any atom is -0.192 e. The van der Waals surface area contributed by atoms with Gasteiger partial charge in [-0.15, -0.1) is 11.3 Å². The van der Waals surface area contributed by atoms with Gasteiger partial charge in [0.15, 0.2) is 0 Å². The molecule has 0 fully saturated rings. The fraction of sp³-hybridized carbons (Fsp3) is 0.500. The van der Waals surface area contributed by atoms with E-state index in [1.165, 1.54) is 16.2 Å². The van der Waals surface area contributed by atoms with Gasteiger partial charge in [0.25, 0.3) is 0 Å². The van der Waals surface area contributed by atoms with Crippen LogP contribution in [0.5, 0.6) is 0 Å². The van der Waals surface area contributed by atoms with Gasteiger partial charge in [-0.05, 0) is 19.1 Å². The van der Waals surface area contributed by atoms with Crippen molar-refractivity contribution in [2.75, 3.05) is 0 Å². The fourth-order valence-electron chi connectivity index (χ4n) is 0.495. The zero-order valence-corrected chi connectivity index (χ0v) is 9.33. The van der Waals surface area contributed by atoms with E-state index in [1.54, 1.807) is 0 Å². The lowest BCUT2D eigenvalue weighted by molar-refractivity contribution is 1.50. The van der Waals surface area contributed by atoms with Crippen LogP contribution in [-0.4, -0.2) is 0 Å². The Hall–Kier alpha value is -0.810. The van der Waals surface area contributed by atoms with Gasteiger partial charge in [0.2, 0.25) is 0 Å². The Kier molecular flexibility index (Phi) is 11.7. The third kappa shape index (κ3) is 5.94. The van der Waals surface area contributed by atoms with Gasteiger partial charge in [-0.2, -0.15) is 5.26 Å². The van der Waals surface area contributed by atoms with E-state index in [-0.39, 0.29) is 0 Å². The predicted molar refractivity (Wildman–Crippen MR) is 56.5 cm³/mol. The summed E-state index contributed by atoms with van der Waals surface area (Å²) >= 11 is 1.53. The van der Waals surface area contributed by atoms with Gasteiger partial charge in [0.1, 0.15) is 10.9 Å². The van der Waals surface area contributed by atoms with Gasteiger partial charge in [-0.1, -0.05) is 27.7 Å². The average Bonchev–Trinajstić information content (AvgIpc) is 2.58.